The second kappa shape index (κ2) is 8.23. The molecule has 1 N–H and O–H groups in total. The van der Waals surface area contributed by atoms with Gasteiger partial charge in [-0.1, -0.05) is 23.5 Å². The van der Waals surface area contributed by atoms with Crippen LogP contribution in [0.1, 0.15) is 0 Å². The summed E-state index contributed by atoms with van der Waals surface area (Å²) in [4.78, 5) is 30.5. The molecular weight excluding hydrogens is 445 g/mol. The van der Waals surface area contributed by atoms with Crippen LogP contribution in [0.5, 0.6) is 5.75 Å². The maximum atomic E-state index is 13.5. The molecule has 2 aromatic carbocycles. The Labute approximate surface area is 181 Å². The maximum Gasteiger partial charge on any atom is 0.260 e. The summed E-state index contributed by atoms with van der Waals surface area (Å²) in [5, 5.41) is 3.08. The molecule has 2 heterocycles. The summed E-state index contributed by atoms with van der Waals surface area (Å²) in [5.41, 5.74) is 0.586. The summed E-state index contributed by atoms with van der Waals surface area (Å²) >= 11 is 1.18. The molecule has 1 aromatic heterocycles. The summed E-state index contributed by atoms with van der Waals surface area (Å²) in [6, 6.07) is 10.4. The molecule has 0 aliphatic carbocycles. The van der Waals surface area contributed by atoms with Crippen LogP contribution in [-0.4, -0.2) is 56.1 Å². The molecule has 1 saturated heterocycles. The van der Waals surface area contributed by atoms with E-state index in [9.17, 15) is 22.4 Å². The molecular formula is C20H18FN3O5S2. The molecule has 162 valence electrons. The van der Waals surface area contributed by atoms with Gasteiger partial charge in [-0.25, -0.2) is 17.8 Å². The highest BCUT2D eigenvalue weighted by atomic mass is 32.2. The third-order valence-corrected chi connectivity index (χ3v) is 6.85. The first-order valence-electron chi connectivity index (χ1n) is 9.27. The molecule has 0 bridgehead atoms. The van der Waals surface area contributed by atoms with Crippen molar-refractivity contribution < 1.29 is 27.1 Å². The van der Waals surface area contributed by atoms with Gasteiger partial charge in [-0.05, 0) is 30.3 Å². The number of nitrogens with zero attached hydrogens (tertiary/aromatic N) is 2. The summed E-state index contributed by atoms with van der Waals surface area (Å²) in [6.45, 7) is 0.151. The lowest BCUT2D eigenvalue weighted by molar-refractivity contribution is -0.143. The maximum absolute atomic E-state index is 13.5. The average Bonchev–Trinajstić information content (AvgIpc) is 3.06. The lowest BCUT2D eigenvalue weighted by Gasteiger charge is -2.37. The van der Waals surface area contributed by atoms with Crippen molar-refractivity contribution in [2.24, 2.45) is 5.92 Å². The number of fused-ring (bicyclic) bond motifs is 1. The number of hydrogen-bond donors (Lipinski definition) is 1. The number of ether oxygens (including phenoxy) is 1. The number of carbonyl (C=O) groups is 2. The van der Waals surface area contributed by atoms with E-state index in [1.165, 1.54) is 46.6 Å². The number of hydrogen-bond acceptors (Lipinski definition) is 7. The van der Waals surface area contributed by atoms with E-state index in [1.54, 1.807) is 12.1 Å². The van der Waals surface area contributed by atoms with Gasteiger partial charge in [-0.15, -0.1) is 0 Å². The minimum absolute atomic E-state index is 0.000493. The van der Waals surface area contributed by atoms with Crippen molar-refractivity contribution in [3.8, 4) is 5.75 Å². The summed E-state index contributed by atoms with van der Waals surface area (Å²) in [7, 11) is -3.33. The number of rotatable bonds is 6. The van der Waals surface area contributed by atoms with Gasteiger partial charge in [0, 0.05) is 19.3 Å². The number of amides is 2. The topological polar surface area (TPSA) is 106 Å². The number of likely N-dealkylation sites (tertiary alicyclic amines) is 1. The number of thiazole rings is 1. The summed E-state index contributed by atoms with van der Waals surface area (Å²) in [6.07, 6.45) is 1.13. The largest absolute Gasteiger partial charge is 0.481 e. The molecule has 31 heavy (non-hydrogen) atoms. The van der Waals surface area contributed by atoms with E-state index in [0.717, 1.165) is 6.26 Å². The van der Waals surface area contributed by atoms with E-state index >= 15 is 0 Å². The number of nitrogens with one attached hydrogen (secondary N) is 1. The molecule has 0 spiro atoms. The fraction of sp³-hybridized carbons (Fsp3) is 0.250. The van der Waals surface area contributed by atoms with E-state index in [-0.39, 0.29) is 42.2 Å². The van der Waals surface area contributed by atoms with Gasteiger partial charge < -0.3 is 15.0 Å². The van der Waals surface area contributed by atoms with Gasteiger partial charge in [-0.3, -0.25) is 9.59 Å². The highest BCUT2D eigenvalue weighted by molar-refractivity contribution is 7.90. The first-order chi connectivity index (χ1) is 14.7. The van der Waals surface area contributed by atoms with Crippen LogP contribution in [0.4, 0.5) is 9.52 Å². The second-order valence-corrected chi connectivity index (χ2v) is 10.2. The third kappa shape index (κ3) is 4.67. The minimum Gasteiger partial charge on any atom is -0.481 e. The lowest BCUT2D eigenvalue weighted by atomic mass is 9.99. The molecule has 8 nitrogen and oxygen atoms in total. The Kier molecular flexibility index (Phi) is 5.63. The summed E-state index contributed by atoms with van der Waals surface area (Å²) < 4.78 is 42.7. The van der Waals surface area contributed by atoms with E-state index in [2.05, 4.69) is 10.3 Å². The number of halogens is 1. The molecule has 0 radical (unpaired) electrons. The van der Waals surface area contributed by atoms with Crippen molar-refractivity contribution in [3.63, 3.8) is 0 Å². The predicted octanol–water partition coefficient (Wildman–Crippen LogP) is 2.31. The van der Waals surface area contributed by atoms with Gasteiger partial charge >= 0.3 is 0 Å². The van der Waals surface area contributed by atoms with Crippen LogP contribution >= 0.6 is 11.3 Å². The third-order valence-electron chi connectivity index (χ3n) is 4.81. The zero-order valence-electron chi connectivity index (χ0n) is 16.4. The molecule has 11 heteroatoms. The standard InChI is InChI=1S/C20H18FN3O5S2/c1-31(27,28)13-6-7-15-17(8-13)30-20(22-15)23-19(26)12-9-24(10-12)18(25)11-29-16-5-3-2-4-14(16)21/h2-8,12H,9-11H2,1H3,(H,22,23,26). The normalized spacial score (nSPS) is 14.3. The Balaban J connectivity index is 1.30. The fourth-order valence-electron chi connectivity index (χ4n) is 3.04. The number of carbonyl (C=O) groups excluding carboxylic acids is 2. The molecule has 3 aromatic rings. The number of aromatic nitrogens is 1. The molecule has 1 fully saturated rings. The quantitative estimate of drug-likeness (QED) is 0.602. The van der Waals surface area contributed by atoms with E-state index in [1.807, 2.05) is 0 Å². The van der Waals surface area contributed by atoms with Crippen LogP contribution in [0.3, 0.4) is 0 Å². The Morgan fingerprint density at radius 3 is 2.71 bits per heavy atom. The molecule has 0 unspecified atom stereocenters. The van der Waals surface area contributed by atoms with Gasteiger partial charge in [0.15, 0.2) is 33.1 Å². The Morgan fingerprint density at radius 1 is 1.26 bits per heavy atom. The van der Waals surface area contributed by atoms with E-state index in [4.69, 9.17) is 4.74 Å². The molecule has 4 rings (SSSR count). The molecule has 1 aliphatic heterocycles. The van der Waals surface area contributed by atoms with Crippen LogP contribution < -0.4 is 10.1 Å². The summed E-state index contributed by atoms with van der Waals surface area (Å²) in [5.74, 6) is -1.55. The smallest absolute Gasteiger partial charge is 0.260 e. The van der Waals surface area contributed by atoms with Gasteiger partial charge in [0.05, 0.1) is 21.0 Å². The van der Waals surface area contributed by atoms with Gasteiger partial charge in [0.1, 0.15) is 0 Å². The van der Waals surface area contributed by atoms with Crippen LogP contribution in [0.25, 0.3) is 10.2 Å². The number of benzene rings is 2. The molecule has 1 aliphatic rings. The number of anilines is 1. The average molecular weight is 464 g/mol. The monoisotopic (exact) mass is 463 g/mol. The van der Waals surface area contributed by atoms with E-state index in [0.29, 0.717) is 15.3 Å². The zero-order valence-corrected chi connectivity index (χ0v) is 18.0. The van der Waals surface area contributed by atoms with Crippen molar-refractivity contribution in [1.29, 1.82) is 0 Å². The van der Waals surface area contributed by atoms with Crippen molar-refractivity contribution in [2.75, 3.05) is 31.3 Å². The molecule has 2 amide bonds. The van der Waals surface area contributed by atoms with Crippen molar-refractivity contribution in [1.82, 2.24) is 9.88 Å². The van der Waals surface area contributed by atoms with Gasteiger partial charge in [-0.2, -0.15) is 0 Å². The van der Waals surface area contributed by atoms with Crippen molar-refractivity contribution in [2.45, 2.75) is 4.90 Å². The first-order valence-corrected chi connectivity index (χ1v) is 12.0. The van der Waals surface area contributed by atoms with Crippen LogP contribution in [0, 0.1) is 11.7 Å². The first kappa shape index (κ1) is 21.2. The van der Waals surface area contributed by atoms with Crippen LogP contribution in [0.2, 0.25) is 0 Å². The van der Waals surface area contributed by atoms with E-state index < -0.39 is 21.6 Å². The van der Waals surface area contributed by atoms with Gasteiger partial charge in [0.25, 0.3) is 5.91 Å². The molecule has 0 saturated carbocycles. The van der Waals surface area contributed by atoms with Crippen LogP contribution in [-0.2, 0) is 19.4 Å². The Hall–Kier alpha value is -3.05. The SMILES string of the molecule is CS(=O)(=O)c1ccc2nc(NC(=O)C3CN(C(=O)COc4ccccc4F)C3)sc2c1. The van der Waals surface area contributed by atoms with Crippen LogP contribution in [0.15, 0.2) is 47.4 Å². The zero-order chi connectivity index (χ0) is 22.2. The highest BCUT2D eigenvalue weighted by Crippen LogP contribution is 2.29. The minimum atomic E-state index is -3.33. The number of sulfone groups is 1. The van der Waals surface area contributed by atoms with Crippen molar-refractivity contribution in [3.05, 3.63) is 48.3 Å². The van der Waals surface area contributed by atoms with Crippen molar-refractivity contribution >= 4 is 48.3 Å². The van der Waals surface area contributed by atoms with Gasteiger partial charge in [0.2, 0.25) is 5.91 Å². The lowest BCUT2D eigenvalue weighted by Crippen LogP contribution is -2.55. The Bertz CT molecular complexity index is 1270. The fourth-order valence-corrected chi connectivity index (χ4v) is 4.67. The Morgan fingerprint density at radius 2 is 2.00 bits per heavy atom. The highest BCUT2D eigenvalue weighted by Gasteiger charge is 2.36. The predicted molar refractivity (Wildman–Crippen MR) is 113 cm³/mol. The molecule has 0 atom stereocenters. The second-order valence-electron chi connectivity index (χ2n) is 7.12. The number of para-hydroxylation sites is 1.